The SMILES string of the molecule is CCC(=O)N(c1nnc(SCC(=O)Nc2cccnc2Cl)s1)C1CC1. The predicted molar refractivity (Wildman–Crippen MR) is 99.3 cm³/mol. The number of pyridine rings is 1. The number of halogens is 1. The quantitative estimate of drug-likeness (QED) is 0.438. The van der Waals surface area contributed by atoms with Crippen LogP contribution < -0.4 is 10.2 Å². The predicted octanol–water partition coefficient (Wildman–Crippen LogP) is 3.22. The molecule has 0 atom stereocenters. The van der Waals surface area contributed by atoms with Crippen LogP contribution in [0.15, 0.2) is 22.7 Å². The number of carbonyl (C=O) groups excluding carboxylic acids is 2. The standard InChI is InChI=1S/C15H16ClN5O2S2/c1-2-12(23)21(9-5-6-9)14-19-20-15(25-14)24-8-11(22)18-10-4-3-7-17-13(10)16/h3-4,7,9H,2,5-6,8H2,1H3,(H,18,22). The summed E-state index contributed by atoms with van der Waals surface area (Å²) in [5.74, 6) is 0.0184. The molecule has 1 fully saturated rings. The lowest BCUT2D eigenvalue weighted by Gasteiger charge is -2.17. The van der Waals surface area contributed by atoms with Gasteiger partial charge in [-0.15, -0.1) is 10.2 Å². The maximum Gasteiger partial charge on any atom is 0.234 e. The number of amides is 2. The minimum Gasteiger partial charge on any atom is -0.323 e. The number of anilines is 2. The Kier molecular flexibility index (Phi) is 5.87. The van der Waals surface area contributed by atoms with Crippen molar-refractivity contribution in [3.05, 3.63) is 23.5 Å². The van der Waals surface area contributed by atoms with Crippen LogP contribution in [0.3, 0.4) is 0 Å². The van der Waals surface area contributed by atoms with Gasteiger partial charge in [0, 0.05) is 18.7 Å². The minimum absolute atomic E-state index is 0.0548. The van der Waals surface area contributed by atoms with E-state index in [-0.39, 0.29) is 28.8 Å². The summed E-state index contributed by atoms with van der Waals surface area (Å²) in [6, 6.07) is 3.63. The minimum atomic E-state index is -0.208. The van der Waals surface area contributed by atoms with Crippen LogP contribution in [-0.2, 0) is 9.59 Å². The second-order valence-corrected chi connectivity index (χ2v) is 7.91. The van der Waals surface area contributed by atoms with Gasteiger partial charge >= 0.3 is 0 Å². The van der Waals surface area contributed by atoms with Crippen molar-refractivity contribution < 1.29 is 9.59 Å². The number of nitrogens with zero attached hydrogens (tertiary/aromatic N) is 4. The van der Waals surface area contributed by atoms with Crippen molar-refractivity contribution in [2.24, 2.45) is 0 Å². The van der Waals surface area contributed by atoms with Crippen molar-refractivity contribution in [1.29, 1.82) is 0 Å². The Morgan fingerprint density at radius 3 is 2.92 bits per heavy atom. The molecule has 2 aromatic heterocycles. The lowest BCUT2D eigenvalue weighted by atomic mass is 10.4. The maximum atomic E-state index is 12.1. The van der Waals surface area contributed by atoms with Gasteiger partial charge in [0.25, 0.3) is 0 Å². The van der Waals surface area contributed by atoms with Crippen LogP contribution in [0.4, 0.5) is 10.8 Å². The first-order valence-corrected chi connectivity index (χ1v) is 9.95. The topological polar surface area (TPSA) is 88.1 Å². The number of aromatic nitrogens is 3. The maximum absolute atomic E-state index is 12.1. The second kappa shape index (κ2) is 8.11. The molecule has 25 heavy (non-hydrogen) atoms. The van der Waals surface area contributed by atoms with E-state index in [1.54, 1.807) is 23.2 Å². The van der Waals surface area contributed by atoms with Gasteiger partial charge in [-0.05, 0) is 25.0 Å². The molecule has 0 aromatic carbocycles. The lowest BCUT2D eigenvalue weighted by molar-refractivity contribution is -0.118. The molecule has 0 spiro atoms. The molecular weight excluding hydrogens is 382 g/mol. The fourth-order valence-electron chi connectivity index (χ4n) is 2.12. The summed E-state index contributed by atoms with van der Waals surface area (Å²) >= 11 is 8.52. The van der Waals surface area contributed by atoms with E-state index in [1.165, 1.54) is 23.1 Å². The van der Waals surface area contributed by atoms with E-state index < -0.39 is 0 Å². The highest BCUT2D eigenvalue weighted by atomic mass is 35.5. The summed E-state index contributed by atoms with van der Waals surface area (Å²) in [4.78, 5) is 29.7. The van der Waals surface area contributed by atoms with Gasteiger partial charge in [-0.25, -0.2) is 4.98 Å². The van der Waals surface area contributed by atoms with Crippen molar-refractivity contribution in [1.82, 2.24) is 15.2 Å². The van der Waals surface area contributed by atoms with Crippen molar-refractivity contribution in [2.75, 3.05) is 16.0 Å². The average Bonchev–Trinajstić information content (AvgIpc) is 3.33. The molecule has 0 bridgehead atoms. The van der Waals surface area contributed by atoms with Gasteiger partial charge in [-0.3, -0.25) is 14.5 Å². The molecule has 2 amide bonds. The molecule has 0 aliphatic heterocycles. The average molecular weight is 398 g/mol. The molecule has 0 unspecified atom stereocenters. The van der Waals surface area contributed by atoms with Crippen LogP contribution in [0, 0.1) is 0 Å². The van der Waals surface area contributed by atoms with Gasteiger partial charge in [-0.1, -0.05) is 41.6 Å². The Labute approximate surface area is 158 Å². The highest BCUT2D eigenvalue weighted by Gasteiger charge is 2.35. The zero-order valence-corrected chi connectivity index (χ0v) is 15.8. The fraction of sp³-hybridized carbons (Fsp3) is 0.400. The summed E-state index contributed by atoms with van der Waals surface area (Å²) in [5.41, 5.74) is 0.473. The third-order valence-corrected chi connectivity index (χ3v) is 5.80. The molecule has 132 valence electrons. The number of rotatable bonds is 7. The summed E-state index contributed by atoms with van der Waals surface area (Å²) < 4.78 is 0.650. The number of hydrogen-bond acceptors (Lipinski definition) is 7. The van der Waals surface area contributed by atoms with E-state index in [1.807, 2.05) is 6.92 Å². The molecule has 0 radical (unpaired) electrons. The monoisotopic (exact) mass is 397 g/mol. The first-order chi connectivity index (χ1) is 12.1. The molecule has 3 rings (SSSR count). The fourth-order valence-corrected chi connectivity index (χ4v) is 4.02. The van der Waals surface area contributed by atoms with Gasteiger partial charge in [0.2, 0.25) is 16.9 Å². The third kappa shape index (κ3) is 4.68. The summed E-state index contributed by atoms with van der Waals surface area (Å²) in [7, 11) is 0. The third-order valence-electron chi connectivity index (χ3n) is 3.44. The van der Waals surface area contributed by atoms with E-state index in [0.717, 1.165) is 12.8 Å². The van der Waals surface area contributed by atoms with E-state index in [4.69, 9.17) is 11.6 Å². The molecular formula is C15H16ClN5O2S2. The van der Waals surface area contributed by atoms with E-state index in [9.17, 15) is 9.59 Å². The van der Waals surface area contributed by atoms with Gasteiger partial charge in [-0.2, -0.15) is 0 Å². The van der Waals surface area contributed by atoms with Crippen LogP contribution in [0.1, 0.15) is 26.2 Å². The molecule has 1 aliphatic rings. The molecule has 10 heteroatoms. The number of hydrogen-bond donors (Lipinski definition) is 1. The molecule has 0 saturated heterocycles. The number of thioether (sulfide) groups is 1. The highest BCUT2D eigenvalue weighted by Crippen LogP contribution is 2.36. The van der Waals surface area contributed by atoms with E-state index in [0.29, 0.717) is 21.6 Å². The van der Waals surface area contributed by atoms with Crippen LogP contribution in [-0.4, -0.2) is 38.8 Å². The molecule has 7 nitrogen and oxygen atoms in total. The van der Waals surface area contributed by atoms with Crippen LogP contribution >= 0.6 is 34.7 Å². The lowest BCUT2D eigenvalue weighted by Crippen LogP contribution is -2.32. The first-order valence-electron chi connectivity index (χ1n) is 7.77. The van der Waals surface area contributed by atoms with Gasteiger partial charge in [0.05, 0.1) is 11.4 Å². The molecule has 2 aromatic rings. The Morgan fingerprint density at radius 1 is 1.44 bits per heavy atom. The zero-order chi connectivity index (χ0) is 17.8. The Hall–Kier alpha value is -1.71. The Bertz CT molecular complexity index is 781. The molecule has 1 aliphatic carbocycles. The van der Waals surface area contributed by atoms with Crippen molar-refractivity contribution >= 4 is 57.3 Å². The van der Waals surface area contributed by atoms with Crippen molar-refractivity contribution in [2.45, 2.75) is 36.6 Å². The summed E-state index contributed by atoms with van der Waals surface area (Å²) in [5, 5.41) is 11.7. The van der Waals surface area contributed by atoms with Crippen molar-refractivity contribution in [3.8, 4) is 0 Å². The van der Waals surface area contributed by atoms with Gasteiger partial charge in [0.1, 0.15) is 0 Å². The summed E-state index contributed by atoms with van der Waals surface area (Å²) in [6.45, 7) is 1.84. The van der Waals surface area contributed by atoms with Crippen molar-refractivity contribution in [3.63, 3.8) is 0 Å². The smallest absolute Gasteiger partial charge is 0.234 e. The van der Waals surface area contributed by atoms with Gasteiger partial charge in [0.15, 0.2) is 9.49 Å². The highest BCUT2D eigenvalue weighted by molar-refractivity contribution is 8.01. The second-order valence-electron chi connectivity index (χ2n) is 5.38. The number of carbonyl (C=O) groups is 2. The Morgan fingerprint density at radius 2 is 2.24 bits per heavy atom. The largest absolute Gasteiger partial charge is 0.323 e. The molecule has 1 saturated carbocycles. The number of nitrogens with one attached hydrogen (secondary N) is 1. The zero-order valence-electron chi connectivity index (χ0n) is 13.4. The Balaban J connectivity index is 1.57. The summed E-state index contributed by atoms with van der Waals surface area (Å²) in [6.07, 6.45) is 4.00. The van der Waals surface area contributed by atoms with Crippen LogP contribution in [0.25, 0.3) is 0 Å². The molecule has 2 heterocycles. The van der Waals surface area contributed by atoms with Crippen LogP contribution in [0.2, 0.25) is 5.15 Å². The first kappa shape index (κ1) is 18.1. The van der Waals surface area contributed by atoms with E-state index in [2.05, 4.69) is 20.5 Å². The van der Waals surface area contributed by atoms with Gasteiger partial charge < -0.3 is 5.32 Å². The molecule has 1 N–H and O–H groups in total. The normalized spacial score (nSPS) is 13.5. The van der Waals surface area contributed by atoms with E-state index >= 15 is 0 Å². The van der Waals surface area contributed by atoms with Crippen LogP contribution in [0.5, 0.6) is 0 Å².